The zero-order valence-corrected chi connectivity index (χ0v) is 14.5. The van der Waals surface area contributed by atoms with Crippen molar-refractivity contribution in [1.29, 1.82) is 0 Å². The lowest BCUT2D eigenvalue weighted by Gasteiger charge is -2.33. The number of imidazole rings is 1. The van der Waals surface area contributed by atoms with Gasteiger partial charge in [-0.1, -0.05) is 5.16 Å². The van der Waals surface area contributed by atoms with Crippen molar-refractivity contribution in [3.63, 3.8) is 0 Å². The van der Waals surface area contributed by atoms with Crippen LogP contribution in [0.25, 0.3) is 5.82 Å². The second-order valence-electron chi connectivity index (χ2n) is 6.47. The lowest BCUT2D eigenvalue weighted by Crippen LogP contribution is -2.37. The first-order valence-corrected chi connectivity index (χ1v) is 8.55. The van der Waals surface area contributed by atoms with Gasteiger partial charge in [-0.2, -0.15) is 4.98 Å². The SMILES string of the molecule is Cc1nc(CC2CCCN(c3cncc(-n4ccnc4C)n3)C2)no1. The van der Waals surface area contributed by atoms with E-state index in [1.54, 1.807) is 12.4 Å². The van der Waals surface area contributed by atoms with Crippen molar-refractivity contribution in [2.45, 2.75) is 33.1 Å². The minimum absolute atomic E-state index is 0.492. The maximum atomic E-state index is 5.08. The van der Waals surface area contributed by atoms with Crippen LogP contribution in [0.1, 0.15) is 30.4 Å². The molecule has 3 aromatic heterocycles. The Bertz CT molecular complexity index is 856. The standard InChI is InChI=1S/C17H21N7O/c1-12-19-5-7-24(12)17-10-18-9-16(21-17)23-6-3-4-14(11-23)8-15-20-13(2)25-22-15/h5,7,9-10,14H,3-4,6,8,11H2,1-2H3. The van der Waals surface area contributed by atoms with Gasteiger partial charge in [-0.25, -0.2) is 9.97 Å². The van der Waals surface area contributed by atoms with E-state index in [4.69, 9.17) is 9.51 Å². The Kier molecular flexibility index (Phi) is 4.17. The van der Waals surface area contributed by atoms with Crippen LogP contribution < -0.4 is 4.90 Å². The van der Waals surface area contributed by atoms with Gasteiger partial charge < -0.3 is 9.42 Å². The van der Waals surface area contributed by atoms with Gasteiger partial charge in [-0.3, -0.25) is 9.55 Å². The molecule has 1 aliphatic heterocycles. The number of anilines is 1. The number of piperidine rings is 1. The molecule has 0 radical (unpaired) electrons. The summed E-state index contributed by atoms with van der Waals surface area (Å²) in [6, 6.07) is 0. The molecule has 1 saturated heterocycles. The molecule has 0 spiro atoms. The van der Waals surface area contributed by atoms with Crippen molar-refractivity contribution >= 4 is 5.82 Å². The van der Waals surface area contributed by atoms with E-state index in [0.29, 0.717) is 11.8 Å². The Morgan fingerprint density at radius 3 is 2.84 bits per heavy atom. The zero-order valence-electron chi connectivity index (χ0n) is 14.5. The average Bonchev–Trinajstić information content (AvgIpc) is 3.23. The highest BCUT2D eigenvalue weighted by atomic mass is 16.5. The molecule has 8 heteroatoms. The Morgan fingerprint density at radius 2 is 2.08 bits per heavy atom. The maximum Gasteiger partial charge on any atom is 0.223 e. The predicted octanol–water partition coefficient (Wildman–Crippen LogP) is 2.12. The van der Waals surface area contributed by atoms with E-state index in [2.05, 4.69) is 25.0 Å². The third-order valence-corrected chi connectivity index (χ3v) is 4.57. The minimum atomic E-state index is 0.492. The number of hydrogen-bond donors (Lipinski definition) is 0. The molecule has 0 saturated carbocycles. The fourth-order valence-electron chi connectivity index (χ4n) is 3.36. The van der Waals surface area contributed by atoms with Gasteiger partial charge in [-0.05, 0) is 25.7 Å². The number of hydrogen-bond acceptors (Lipinski definition) is 7. The van der Waals surface area contributed by atoms with Crippen LogP contribution in [0.2, 0.25) is 0 Å². The molecule has 3 aromatic rings. The van der Waals surface area contributed by atoms with Crippen molar-refractivity contribution < 1.29 is 4.52 Å². The summed E-state index contributed by atoms with van der Waals surface area (Å²) >= 11 is 0. The Labute approximate surface area is 145 Å². The van der Waals surface area contributed by atoms with E-state index in [9.17, 15) is 0 Å². The highest BCUT2D eigenvalue weighted by molar-refractivity contribution is 5.40. The second-order valence-corrected chi connectivity index (χ2v) is 6.47. The van der Waals surface area contributed by atoms with Gasteiger partial charge in [0.1, 0.15) is 11.6 Å². The normalized spacial score (nSPS) is 17.8. The van der Waals surface area contributed by atoms with Gasteiger partial charge in [0.15, 0.2) is 11.6 Å². The Morgan fingerprint density at radius 1 is 1.20 bits per heavy atom. The molecule has 1 unspecified atom stereocenters. The molecule has 4 heterocycles. The van der Waals surface area contributed by atoms with Crippen LogP contribution in [0.4, 0.5) is 5.82 Å². The quantitative estimate of drug-likeness (QED) is 0.719. The summed E-state index contributed by atoms with van der Waals surface area (Å²) in [6.45, 7) is 5.69. The van der Waals surface area contributed by atoms with Gasteiger partial charge in [0.2, 0.25) is 5.89 Å². The van der Waals surface area contributed by atoms with Crippen LogP contribution in [-0.4, -0.2) is 42.7 Å². The van der Waals surface area contributed by atoms with E-state index in [-0.39, 0.29) is 0 Å². The highest BCUT2D eigenvalue weighted by Crippen LogP contribution is 2.24. The molecule has 25 heavy (non-hydrogen) atoms. The fourth-order valence-corrected chi connectivity index (χ4v) is 3.36. The summed E-state index contributed by atoms with van der Waals surface area (Å²) < 4.78 is 7.02. The largest absolute Gasteiger partial charge is 0.355 e. The van der Waals surface area contributed by atoms with E-state index in [0.717, 1.165) is 55.6 Å². The van der Waals surface area contributed by atoms with Gasteiger partial charge in [0.25, 0.3) is 0 Å². The van der Waals surface area contributed by atoms with Gasteiger partial charge >= 0.3 is 0 Å². The Balaban J connectivity index is 1.50. The van der Waals surface area contributed by atoms with Crippen molar-refractivity contribution in [3.8, 4) is 5.82 Å². The molecule has 8 nitrogen and oxygen atoms in total. The predicted molar refractivity (Wildman–Crippen MR) is 91.6 cm³/mol. The van der Waals surface area contributed by atoms with Gasteiger partial charge in [0, 0.05) is 38.8 Å². The van der Waals surface area contributed by atoms with E-state index < -0.39 is 0 Å². The molecule has 4 rings (SSSR count). The summed E-state index contributed by atoms with van der Waals surface area (Å²) in [4.78, 5) is 20.0. The molecule has 1 fully saturated rings. The molecule has 0 aromatic carbocycles. The maximum absolute atomic E-state index is 5.08. The van der Waals surface area contributed by atoms with Crippen molar-refractivity contribution in [3.05, 3.63) is 42.3 Å². The van der Waals surface area contributed by atoms with Crippen molar-refractivity contribution in [2.75, 3.05) is 18.0 Å². The first kappa shape index (κ1) is 15.7. The smallest absolute Gasteiger partial charge is 0.223 e. The summed E-state index contributed by atoms with van der Waals surface area (Å²) in [5.41, 5.74) is 0. The summed E-state index contributed by atoms with van der Waals surface area (Å²) in [5.74, 6) is 4.50. The minimum Gasteiger partial charge on any atom is -0.355 e. The highest BCUT2D eigenvalue weighted by Gasteiger charge is 2.23. The number of aromatic nitrogens is 6. The van der Waals surface area contributed by atoms with Gasteiger partial charge in [0.05, 0.1) is 12.4 Å². The summed E-state index contributed by atoms with van der Waals surface area (Å²) in [6.07, 6.45) is 10.4. The summed E-state index contributed by atoms with van der Waals surface area (Å²) in [5, 5.41) is 4.02. The molecule has 0 amide bonds. The van der Waals surface area contributed by atoms with Gasteiger partial charge in [-0.15, -0.1) is 0 Å². The lowest BCUT2D eigenvalue weighted by molar-refractivity contribution is 0.369. The third kappa shape index (κ3) is 3.38. The van der Waals surface area contributed by atoms with E-state index in [1.807, 2.05) is 30.8 Å². The van der Waals surface area contributed by atoms with E-state index in [1.165, 1.54) is 0 Å². The van der Waals surface area contributed by atoms with E-state index >= 15 is 0 Å². The zero-order chi connectivity index (χ0) is 17.2. The number of nitrogens with zero attached hydrogens (tertiary/aromatic N) is 7. The first-order chi connectivity index (χ1) is 12.2. The molecule has 0 bridgehead atoms. The van der Waals surface area contributed by atoms with Crippen LogP contribution in [0.3, 0.4) is 0 Å². The van der Waals surface area contributed by atoms with Crippen LogP contribution >= 0.6 is 0 Å². The second kappa shape index (κ2) is 6.62. The molecule has 1 atom stereocenters. The third-order valence-electron chi connectivity index (χ3n) is 4.57. The average molecular weight is 339 g/mol. The molecule has 0 aliphatic carbocycles. The van der Waals surface area contributed by atoms with Crippen LogP contribution in [0.15, 0.2) is 29.3 Å². The van der Waals surface area contributed by atoms with Crippen LogP contribution in [-0.2, 0) is 6.42 Å². The number of aryl methyl sites for hydroxylation is 2. The molecular weight excluding hydrogens is 318 g/mol. The molecular formula is C17H21N7O. The lowest BCUT2D eigenvalue weighted by atomic mass is 9.94. The Hall–Kier alpha value is -2.77. The molecule has 1 aliphatic rings. The van der Waals surface area contributed by atoms with Crippen molar-refractivity contribution in [1.82, 2.24) is 29.7 Å². The monoisotopic (exact) mass is 339 g/mol. The van der Waals surface area contributed by atoms with Crippen LogP contribution in [0.5, 0.6) is 0 Å². The van der Waals surface area contributed by atoms with Crippen molar-refractivity contribution in [2.24, 2.45) is 5.92 Å². The summed E-state index contributed by atoms with van der Waals surface area (Å²) in [7, 11) is 0. The molecule has 130 valence electrons. The topological polar surface area (TPSA) is 85.8 Å². The van der Waals surface area contributed by atoms with Crippen LogP contribution in [0, 0.1) is 19.8 Å². The molecule has 0 N–H and O–H groups in total. The first-order valence-electron chi connectivity index (χ1n) is 8.55. The fraction of sp³-hybridized carbons (Fsp3) is 0.471. The number of rotatable bonds is 4.